The summed E-state index contributed by atoms with van der Waals surface area (Å²) in [5.41, 5.74) is 0.451. The second-order valence-corrected chi connectivity index (χ2v) is 2.68. The average Bonchev–Trinajstić information content (AvgIpc) is 2.57. The van der Waals surface area contributed by atoms with Crippen molar-refractivity contribution in [2.45, 2.75) is 13.8 Å². The molecule has 0 bridgehead atoms. The third-order valence-corrected chi connectivity index (χ3v) is 1.32. The summed E-state index contributed by atoms with van der Waals surface area (Å²) in [5.74, 6) is -0.312. The van der Waals surface area contributed by atoms with Crippen molar-refractivity contribution >= 4 is 12.0 Å². The van der Waals surface area contributed by atoms with E-state index in [1.54, 1.807) is 13.8 Å². The molecule has 0 radical (unpaired) electrons. The van der Waals surface area contributed by atoms with E-state index in [4.69, 9.17) is 0 Å². The zero-order valence-corrected chi connectivity index (χ0v) is 8.55. The van der Waals surface area contributed by atoms with Gasteiger partial charge in [0.2, 0.25) is 0 Å². The highest BCUT2D eigenvalue weighted by molar-refractivity contribution is 5.86. The molecule has 0 unspecified atom stereocenters. The summed E-state index contributed by atoms with van der Waals surface area (Å²) in [6.07, 6.45) is 0. The normalized spacial score (nSPS) is 13.1. The summed E-state index contributed by atoms with van der Waals surface area (Å²) in [6, 6.07) is -0.0463. The first kappa shape index (κ1) is 12.5. The van der Waals surface area contributed by atoms with E-state index in [2.05, 4.69) is 21.9 Å². The molecule has 0 saturated carbocycles. The van der Waals surface area contributed by atoms with Crippen LogP contribution in [-0.4, -0.2) is 31.7 Å². The molecule has 5 heteroatoms. The van der Waals surface area contributed by atoms with Crippen molar-refractivity contribution < 1.29 is 14.3 Å². The molecule has 0 aromatic rings. The van der Waals surface area contributed by atoms with Crippen LogP contribution >= 0.6 is 0 Å². The highest BCUT2D eigenvalue weighted by atomic mass is 16.5. The van der Waals surface area contributed by atoms with Crippen molar-refractivity contribution in [1.82, 2.24) is 10.6 Å². The van der Waals surface area contributed by atoms with Gasteiger partial charge < -0.3 is 15.4 Å². The number of hydrogen-bond acceptors (Lipinski definition) is 3. The van der Waals surface area contributed by atoms with Crippen molar-refractivity contribution in [3.8, 4) is 0 Å². The van der Waals surface area contributed by atoms with E-state index in [0.29, 0.717) is 12.2 Å². The van der Waals surface area contributed by atoms with Crippen molar-refractivity contribution in [2.75, 3.05) is 19.7 Å². The Hall–Kier alpha value is -1.52. The van der Waals surface area contributed by atoms with Gasteiger partial charge in [0.05, 0.1) is 6.61 Å². The van der Waals surface area contributed by atoms with Crippen LogP contribution in [0.3, 0.4) is 0 Å². The van der Waals surface area contributed by atoms with Gasteiger partial charge in [-0.3, -0.25) is 0 Å². The van der Waals surface area contributed by atoms with Gasteiger partial charge in [0, 0.05) is 18.7 Å². The smallest absolute Gasteiger partial charge is 0.333 e. The number of carbonyl (C=O) groups is 2. The van der Waals surface area contributed by atoms with Crippen LogP contribution < -0.4 is 10.6 Å². The Kier molecular flexibility index (Phi) is 6.19. The lowest BCUT2D eigenvalue weighted by molar-refractivity contribution is -0.138. The Balaban J connectivity index is 0.000000249. The Bertz CT molecular complexity index is 218. The fourth-order valence-electron chi connectivity index (χ4n) is 0.669. The van der Waals surface area contributed by atoms with Crippen molar-refractivity contribution in [3.05, 3.63) is 12.2 Å². The Labute approximate surface area is 83.5 Å². The molecular weight excluding hydrogens is 184 g/mol. The van der Waals surface area contributed by atoms with Crippen LogP contribution in [0.4, 0.5) is 4.79 Å². The predicted molar refractivity (Wildman–Crippen MR) is 52.8 cm³/mol. The highest BCUT2D eigenvalue weighted by Crippen LogP contribution is 1.89. The molecule has 0 aromatic carbocycles. The fourth-order valence-corrected chi connectivity index (χ4v) is 0.669. The maximum absolute atomic E-state index is 10.4. The zero-order chi connectivity index (χ0) is 11.0. The molecule has 5 nitrogen and oxygen atoms in total. The maximum Gasteiger partial charge on any atom is 0.333 e. The van der Waals surface area contributed by atoms with Gasteiger partial charge in [0.15, 0.2) is 0 Å². The molecule has 1 fully saturated rings. The number of amides is 2. The molecule has 1 aliphatic heterocycles. The number of hydrogen-bond donors (Lipinski definition) is 2. The van der Waals surface area contributed by atoms with Crippen molar-refractivity contribution in [1.29, 1.82) is 0 Å². The van der Waals surface area contributed by atoms with Crippen LogP contribution in [0.1, 0.15) is 13.8 Å². The molecule has 2 N–H and O–H groups in total. The monoisotopic (exact) mass is 200 g/mol. The van der Waals surface area contributed by atoms with E-state index in [1.165, 1.54) is 0 Å². The number of esters is 1. The van der Waals surface area contributed by atoms with E-state index in [9.17, 15) is 9.59 Å². The zero-order valence-electron chi connectivity index (χ0n) is 8.55. The predicted octanol–water partition coefficient (Wildman–Crippen LogP) is 0.425. The van der Waals surface area contributed by atoms with Crippen molar-refractivity contribution in [3.63, 3.8) is 0 Å². The van der Waals surface area contributed by atoms with Gasteiger partial charge in [-0.1, -0.05) is 6.58 Å². The van der Waals surface area contributed by atoms with E-state index >= 15 is 0 Å². The largest absolute Gasteiger partial charge is 0.463 e. The molecule has 0 atom stereocenters. The van der Waals surface area contributed by atoms with Gasteiger partial charge in [0.1, 0.15) is 0 Å². The average molecular weight is 200 g/mol. The van der Waals surface area contributed by atoms with Gasteiger partial charge in [-0.2, -0.15) is 0 Å². The fraction of sp³-hybridized carbons (Fsp3) is 0.556. The van der Waals surface area contributed by atoms with Gasteiger partial charge in [-0.15, -0.1) is 0 Å². The summed E-state index contributed by atoms with van der Waals surface area (Å²) in [5, 5.41) is 5.14. The first-order valence-electron chi connectivity index (χ1n) is 4.42. The van der Waals surface area contributed by atoms with E-state index in [0.717, 1.165) is 13.1 Å². The van der Waals surface area contributed by atoms with Crippen LogP contribution in [-0.2, 0) is 9.53 Å². The van der Waals surface area contributed by atoms with Crippen LogP contribution in [0.5, 0.6) is 0 Å². The van der Waals surface area contributed by atoms with Gasteiger partial charge in [0.25, 0.3) is 0 Å². The summed E-state index contributed by atoms with van der Waals surface area (Å²) < 4.78 is 4.56. The van der Waals surface area contributed by atoms with Crippen molar-refractivity contribution in [2.24, 2.45) is 0 Å². The Morgan fingerprint density at radius 3 is 2.14 bits per heavy atom. The van der Waals surface area contributed by atoms with Gasteiger partial charge in [-0.25, -0.2) is 9.59 Å². The summed E-state index contributed by atoms with van der Waals surface area (Å²) in [4.78, 5) is 20.4. The minimum absolute atomic E-state index is 0.0463. The van der Waals surface area contributed by atoms with E-state index < -0.39 is 0 Å². The minimum Gasteiger partial charge on any atom is -0.463 e. The number of nitrogens with one attached hydrogen (secondary N) is 2. The minimum atomic E-state index is -0.312. The number of rotatable bonds is 2. The third kappa shape index (κ3) is 6.05. The molecule has 2 amide bonds. The van der Waals surface area contributed by atoms with E-state index in [-0.39, 0.29) is 12.0 Å². The number of carbonyl (C=O) groups excluding carboxylic acids is 2. The molecule has 1 aliphatic rings. The second-order valence-electron chi connectivity index (χ2n) is 2.68. The summed E-state index contributed by atoms with van der Waals surface area (Å²) >= 11 is 0. The standard InChI is InChI=1S/C6H10O2.C3H6N2O/c1-4-8-6(7)5(2)3;6-3-4-1-2-5-3/h2,4H2,1,3H3;1-2H2,(H2,4,5,6). The summed E-state index contributed by atoms with van der Waals surface area (Å²) in [7, 11) is 0. The molecular formula is C9H16N2O3. The van der Waals surface area contributed by atoms with Crippen LogP contribution in [0, 0.1) is 0 Å². The third-order valence-electron chi connectivity index (χ3n) is 1.32. The van der Waals surface area contributed by atoms with E-state index in [1.807, 2.05) is 0 Å². The first-order chi connectivity index (χ1) is 6.57. The molecule has 80 valence electrons. The summed E-state index contributed by atoms with van der Waals surface area (Å²) in [6.45, 7) is 8.76. The lowest BCUT2D eigenvalue weighted by Gasteiger charge is -1.96. The topological polar surface area (TPSA) is 67.4 Å². The van der Waals surface area contributed by atoms with Gasteiger partial charge >= 0.3 is 12.0 Å². The molecule has 0 aliphatic carbocycles. The lowest BCUT2D eigenvalue weighted by atomic mass is 10.4. The SMILES string of the molecule is C=C(C)C(=O)OCC.O=C1NCCN1. The molecule has 1 heterocycles. The molecule has 14 heavy (non-hydrogen) atoms. The second kappa shape index (κ2) is 6.94. The highest BCUT2D eigenvalue weighted by Gasteiger charge is 2.03. The van der Waals surface area contributed by atoms with Crippen LogP contribution in [0.2, 0.25) is 0 Å². The Morgan fingerprint density at radius 2 is 2.00 bits per heavy atom. The molecule has 1 rings (SSSR count). The molecule has 1 saturated heterocycles. The Morgan fingerprint density at radius 1 is 1.50 bits per heavy atom. The molecule has 0 spiro atoms. The quantitative estimate of drug-likeness (QED) is 0.501. The number of urea groups is 1. The first-order valence-corrected chi connectivity index (χ1v) is 4.42. The van der Waals surface area contributed by atoms with Gasteiger partial charge in [-0.05, 0) is 13.8 Å². The number of ether oxygens (including phenoxy) is 1. The van der Waals surface area contributed by atoms with Crippen LogP contribution in [0.15, 0.2) is 12.2 Å². The molecule has 0 aromatic heterocycles. The maximum atomic E-state index is 10.4. The van der Waals surface area contributed by atoms with Crippen LogP contribution in [0.25, 0.3) is 0 Å². The lowest BCUT2D eigenvalue weighted by Crippen LogP contribution is -2.20.